The van der Waals surface area contributed by atoms with Crippen LogP contribution in [0.15, 0.2) is 42.6 Å². The highest BCUT2D eigenvalue weighted by Gasteiger charge is 2.30. The Kier molecular flexibility index (Phi) is 5.63. The molecule has 0 aliphatic rings. The van der Waals surface area contributed by atoms with Crippen molar-refractivity contribution in [3.63, 3.8) is 0 Å². The van der Waals surface area contributed by atoms with E-state index in [-0.39, 0.29) is 0 Å². The van der Waals surface area contributed by atoms with Gasteiger partial charge in [-0.2, -0.15) is 13.2 Å². The number of nitrogens with zero attached hydrogens (tertiary/aromatic N) is 1. The molecule has 0 saturated heterocycles. The number of ether oxygens (including phenoxy) is 1. The molecular weight excluding hydrogens is 293 g/mol. The van der Waals surface area contributed by atoms with Crippen molar-refractivity contribution in [1.29, 1.82) is 0 Å². The Morgan fingerprint density at radius 2 is 2.00 bits per heavy atom. The molecule has 1 N–H and O–H groups in total. The molecule has 1 heterocycles. The summed E-state index contributed by atoms with van der Waals surface area (Å²) in [6, 6.07) is 9.28. The molecule has 1 aromatic heterocycles. The molecule has 0 radical (unpaired) electrons. The predicted molar refractivity (Wildman–Crippen MR) is 78.6 cm³/mol. The summed E-state index contributed by atoms with van der Waals surface area (Å²) in [6.45, 7) is 2.41. The van der Waals surface area contributed by atoms with Gasteiger partial charge in [0.05, 0.1) is 12.2 Å². The number of benzene rings is 1. The van der Waals surface area contributed by atoms with Crippen molar-refractivity contribution < 1.29 is 17.9 Å². The number of hydrogen-bond acceptors (Lipinski definition) is 2. The van der Waals surface area contributed by atoms with E-state index < -0.39 is 11.7 Å². The molecule has 0 saturated carbocycles. The number of methoxy groups -OCH3 is 1. The molecule has 0 atom stereocenters. The normalized spacial score (nSPS) is 11.8. The average Bonchev–Trinajstić information content (AvgIpc) is 2.90. The number of hydrogen-bond donors (Lipinski definition) is 1. The summed E-state index contributed by atoms with van der Waals surface area (Å²) in [5, 5.41) is 3.22. The van der Waals surface area contributed by atoms with Crippen molar-refractivity contribution >= 4 is 0 Å². The second kappa shape index (κ2) is 7.47. The molecule has 1 aromatic carbocycles. The maximum atomic E-state index is 12.7. The van der Waals surface area contributed by atoms with E-state index in [1.54, 1.807) is 13.2 Å². The molecule has 0 aliphatic heterocycles. The Morgan fingerprint density at radius 3 is 2.73 bits per heavy atom. The SMILES string of the molecule is COCCNCc1cccn1Cc1cccc(C(F)(F)F)c1. The lowest BCUT2D eigenvalue weighted by Crippen LogP contribution is -2.20. The molecule has 2 aromatic rings. The maximum absolute atomic E-state index is 12.7. The minimum absolute atomic E-state index is 0.415. The van der Waals surface area contributed by atoms with Crippen LogP contribution in [0.1, 0.15) is 16.8 Å². The van der Waals surface area contributed by atoms with Gasteiger partial charge >= 0.3 is 6.18 Å². The summed E-state index contributed by atoms with van der Waals surface area (Å²) in [6.07, 6.45) is -2.44. The first kappa shape index (κ1) is 16.6. The van der Waals surface area contributed by atoms with Crippen LogP contribution in [0, 0.1) is 0 Å². The number of aromatic nitrogens is 1. The van der Waals surface area contributed by atoms with Crippen LogP contribution < -0.4 is 5.32 Å². The minimum Gasteiger partial charge on any atom is -0.383 e. The average molecular weight is 312 g/mol. The van der Waals surface area contributed by atoms with Crippen LogP contribution in [0.5, 0.6) is 0 Å². The van der Waals surface area contributed by atoms with E-state index in [0.717, 1.165) is 18.3 Å². The number of rotatable bonds is 7. The molecule has 0 unspecified atom stereocenters. The molecule has 22 heavy (non-hydrogen) atoms. The molecule has 3 nitrogen and oxygen atoms in total. The maximum Gasteiger partial charge on any atom is 0.416 e. The summed E-state index contributed by atoms with van der Waals surface area (Å²) in [5.74, 6) is 0. The van der Waals surface area contributed by atoms with Gasteiger partial charge in [-0.15, -0.1) is 0 Å². The molecule has 6 heteroatoms. The van der Waals surface area contributed by atoms with Crippen molar-refractivity contribution in [2.45, 2.75) is 19.3 Å². The van der Waals surface area contributed by atoms with Gasteiger partial charge in [0.25, 0.3) is 0 Å². The van der Waals surface area contributed by atoms with E-state index in [1.165, 1.54) is 12.1 Å². The zero-order valence-corrected chi connectivity index (χ0v) is 12.4. The highest BCUT2D eigenvalue weighted by molar-refractivity contribution is 5.26. The van der Waals surface area contributed by atoms with Crippen molar-refractivity contribution in [2.24, 2.45) is 0 Å². The van der Waals surface area contributed by atoms with E-state index in [0.29, 0.717) is 25.3 Å². The molecule has 0 bridgehead atoms. The van der Waals surface area contributed by atoms with Gasteiger partial charge in [0.1, 0.15) is 0 Å². The highest BCUT2D eigenvalue weighted by Crippen LogP contribution is 2.29. The highest BCUT2D eigenvalue weighted by atomic mass is 19.4. The zero-order valence-electron chi connectivity index (χ0n) is 12.4. The van der Waals surface area contributed by atoms with E-state index in [2.05, 4.69) is 5.32 Å². The van der Waals surface area contributed by atoms with E-state index in [9.17, 15) is 13.2 Å². The van der Waals surface area contributed by atoms with Gasteiger partial charge in [-0.1, -0.05) is 12.1 Å². The van der Waals surface area contributed by atoms with Gasteiger partial charge in [-0.3, -0.25) is 0 Å². The number of halogens is 3. The molecule has 0 amide bonds. The standard InChI is InChI=1S/C16H19F3N2O/c1-22-9-7-20-11-15-6-3-8-21(15)12-13-4-2-5-14(10-13)16(17,18)19/h2-6,8,10,20H,7,9,11-12H2,1H3. The van der Waals surface area contributed by atoms with Gasteiger partial charge in [-0.25, -0.2) is 0 Å². The van der Waals surface area contributed by atoms with E-state index in [1.807, 2.05) is 22.9 Å². The van der Waals surface area contributed by atoms with Crippen LogP contribution in [-0.2, 0) is 24.0 Å². The third-order valence-corrected chi connectivity index (χ3v) is 3.32. The molecule has 0 fully saturated rings. The Bertz CT molecular complexity index is 593. The Morgan fingerprint density at radius 1 is 1.18 bits per heavy atom. The third kappa shape index (κ3) is 4.61. The fourth-order valence-electron chi connectivity index (χ4n) is 2.20. The first-order valence-electron chi connectivity index (χ1n) is 7.00. The van der Waals surface area contributed by atoms with Crippen LogP contribution in [-0.4, -0.2) is 24.8 Å². The molecule has 120 valence electrons. The quantitative estimate of drug-likeness (QED) is 0.794. The Balaban J connectivity index is 2.04. The molecule has 0 aliphatic carbocycles. The summed E-state index contributed by atoms with van der Waals surface area (Å²) in [5.41, 5.74) is 1.04. The first-order valence-corrected chi connectivity index (χ1v) is 7.00. The van der Waals surface area contributed by atoms with Crippen molar-refractivity contribution in [3.05, 3.63) is 59.4 Å². The van der Waals surface area contributed by atoms with Crippen LogP contribution in [0.4, 0.5) is 13.2 Å². The van der Waals surface area contributed by atoms with Gasteiger partial charge in [0, 0.05) is 38.6 Å². The van der Waals surface area contributed by atoms with Crippen molar-refractivity contribution in [1.82, 2.24) is 9.88 Å². The summed E-state index contributed by atoms with van der Waals surface area (Å²) in [7, 11) is 1.64. The van der Waals surface area contributed by atoms with E-state index in [4.69, 9.17) is 4.74 Å². The second-order valence-corrected chi connectivity index (χ2v) is 5.00. The Hall–Kier alpha value is -1.79. The van der Waals surface area contributed by atoms with Gasteiger partial charge < -0.3 is 14.6 Å². The minimum atomic E-state index is -4.31. The lowest BCUT2D eigenvalue weighted by atomic mass is 10.1. The van der Waals surface area contributed by atoms with Crippen LogP contribution in [0.3, 0.4) is 0 Å². The smallest absolute Gasteiger partial charge is 0.383 e. The van der Waals surface area contributed by atoms with E-state index >= 15 is 0 Å². The fourth-order valence-corrected chi connectivity index (χ4v) is 2.20. The molecule has 0 spiro atoms. The monoisotopic (exact) mass is 312 g/mol. The van der Waals surface area contributed by atoms with Gasteiger partial charge in [-0.05, 0) is 29.8 Å². The first-order chi connectivity index (χ1) is 10.5. The third-order valence-electron chi connectivity index (χ3n) is 3.32. The van der Waals surface area contributed by atoms with Crippen LogP contribution in [0.2, 0.25) is 0 Å². The summed E-state index contributed by atoms with van der Waals surface area (Å²) in [4.78, 5) is 0. The zero-order chi connectivity index (χ0) is 16.0. The summed E-state index contributed by atoms with van der Waals surface area (Å²) < 4.78 is 45.1. The van der Waals surface area contributed by atoms with Crippen LogP contribution in [0.25, 0.3) is 0 Å². The molecular formula is C16H19F3N2O. The van der Waals surface area contributed by atoms with Crippen LogP contribution >= 0.6 is 0 Å². The fraction of sp³-hybridized carbons (Fsp3) is 0.375. The van der Waals surface area contributed by atoms with Gasteiger partial charge in [0.15, 0.2) is 0 Å². The lowest BCUT2D eigenvalue weighted by molar-refractivity contribution is -0.137. The number of alkyl halides is 3. The Labute approximate surface area is 127 Å². The van der Waals surface area contributed by atoms with Crippen molar-refractivity contribution in [3.8, 4) is 0 Å². The molecule has 2 rings (SSSR count). The van der Waals surface area contributed by atoms with Crippen molar-refractivity contribution in [2.75, 3.05) is 20.3 Å². The largest absolute Gasteiger partial charge is 0.416 e. The lowest BCUT2D eigenvalue weighted by Gasteiger charge is -2.12. The predicted octanol–water partition coefficient (Wildman–Crippen LogP) is 3.29. The summed E-state index contributed by atoms with van der Waals surface area (Å²) >= 11 is 0. The second-order valence-electron chi connectivity index (χ2n) is 5.00. The topological polar surface area (TPSA) is 26.2 Å². The van der Waals surface area contributed by atoms with Gasteiger partial charge in [0.2, 0.25) is 0 Å². The number of nitrogens with one attached hydrogen (secondary N) is 1.